The smallest absolute Gasteiger partial charge is 0.417 e. The summed E-state index contributed by atoms with van der Waals surface area (Å²) in [5.41, 5.74) is 1.65. The number of hydrogen-bond donors (Lipinski definition) is 0. The van der Waals surface area contributed by atoms with Gasteiger partial charge >= 0.3 is 6.09 Å². The van der Waals surface area contributed by atoms with E-state index in [9.17, 15) is 9.59 Å². The zero-order valence-electron chi connectivity index (χ0n) is 15.5. The Labute approximate surface area is 153 Å². The molecular weight excluding hydrogens is 330 g/mol. The molecule has 136 valence electrons. The fourth-order valence-electron chi connectivity index (χ4n) is 3.11. The number of imide groups is 1. The van der Waals surface area contributed by atoms with Gasteiger partial charge in [0.15, 0.2) is 0 Å². The molecule has 2 amide bonds. The van der Waals surface area contributed by atoms with Gasteiger partial charge in [-0.25, -0.2) is 9.69 Å². The van der Waals surface area contributed by atoms with Gasteiger partial charge in [0.1, 0.15) is 11.4 Å². The van der Waals surface area contributed by atoms with E-state index in [-0.39, 0.29) is 5.91 Å². The summed E-state index contributed by atoms with van der Waals surface area (Å²) in [7, 11) is 1.58. The van der Waals surface area contributed by atoms with Crippen LogP contribution in [0.3, 0.4) is 0 Å². The van der Waals surface area contributed by atoms with Crippen molar-refractivity contribution in [1.29, 1.82) is 0 Å². The Morgan fingerprint density at radius 2 is 1.81 bits per heavy atom. The van der Waals surface area contributed by atoms with Crippen LogP contribution < -0.4 is 4.74 Å². The lowest BCUT2D eigenvalue weighted by atomic mass is 9.98. The molecule has 0 radical (unpaired) electrons. The third kappa shape index (κ3) is 3.57. The molecule has 0 aromatic heterocycles. The molecule has 0 bridgehead atoms. The van der Waals surface area contributed by atoms with E-state index < -0.39 is 17.7 Å². The van der Waals surface area contributed by atoms with Gasteiger partial charge in [0.05, 0.1) is 13.2 Å². The Kier molecular flexibility index (Phi) is 4.72. The summed E-state index contributed by atoms with van der Waals surface area (Å²) in [5.74, 6) is 0.318. The average Bonchev–Trinajstić information content (AvgIpc) is 2.86. The summed E-state index contributed by atoms with van der Waals surface area (Å²) < 4.78 is 10.8. The quantitative estimate of drug-likeness (QED) is 0.822. The van der Waals surface area contributed by atoms with Crippen molar-refractivity contribution >= 4 is 12.0 Å². The largest absolute Gasteiger partial charge is 0.497 e. The molecule has 0 spiro atoms. The van der Waals surface area contributed by atoms with Crippen molar-refractivity contribution in [3.63, 3.8) is 0 Å². The molecule has 1 aliphatic heterocycles. The molecule has 2 aromatic rings. The van der Waals surface area contributed by atoms with Crippen LogP contribution in [0, 0.1) is 0 Å². The van der Waals surface area contributed by atoms with Crippen molar-refractivity contribution in [1.82, 2.24) is 4.90 Å². The maximum Gasteiger partial charge on any atom is 0.417 e. The van der Waals surface area contributed by atoms with Crippen LogP contribution in [-0.2, 0) is 11.2 Å². The molecule has 1 unspecified atom stereocenters. The topological polar surface area (TPSA) is 55.8 Å². The third-order valence-electron chi connectivity index (χ3n) is 4.24. The highest BCUT2D eigenvalue weighted by atomic mass is 16.6. The van der Waals surface area contributed by atoms with Crippen LogP contribution in [0.2, 0.25) is 0 Å². The lowest BCUT2D eigenvalue weighted by Crippen LogP contribution is -2.39. The second-order valence-electron chi connectivity index (χ2n) is 7.31. The first kappa shape index (κ1) is 18.0. The average molecular weight is 353 g/mol. The monoisotopic (exact) mass is 353 g/mol. The van der Waals surface area contributed by atoms with E-state index in [2.05, 4.69) is 0 Å². The zero-order chi connectivity index (χ0) is 18.9. The van der Waals surface area contributed by atoms with Crippen molar-refractivity contribution in [2.45, 2.75) is 38.8 Å². The molecule has 2 aromatic carbocycles. The Morgan fingerprint density at radius 1 is 1.12 bits per heavy atom. The number of carbonyl (C=O) groups is 2. The Bertz CT molecular complexity index is 824. The molecular formula is C21H23NO4. The minimum atomic E-state index is -0.679. The molecule has 26 heavy (non-hydrogen) atoms. The number of fused-ring (bicyclic) bond motifs is 1. The minimum absolute atomic E-state index is 0.335. The van der Waals surface area contributed by atoms with Crippen LogP contribution >= 0.6 is 0 Å². The number of amides is 2. The van der Waals surface area contributed by atoms with Crippen molar-refractivity contribution in [2.24, 2.45) is 0 Å². The van der Waals surface area contributed by atoms with Gasteiger partial charge in [0.2, 0.25) is 0 Å². The standard InChI is InChI=1S/C21H23NO4/c1-21(2,3)26-20(24)22-18(12-14-8-6-5-7-9-14)17-13-15(25-4)10-11-16(17)19(22)23/h5-11,13,18H,12H2,1-4H3. The minimum Gasteiger partial charge on any atom is -0.497 e. The summed E-state index contributed by atoms with van der Waals surface area (Å²) in [6, 6.07) is 14.6. The fraction of sp³-hybridized carbons (Fsp3) is 0.333. The second-order valence-corrected chi connectivity index (χ2v) is 7.31. The lowest BCUT2D eigenvalue weighted by molar-refractivity contribution is 0.0190. The highest BCUT2D eigenvalue weighted by molar-refractivity contribution is 6.07. The number of nitrogens with zero attached hydrogens (tertiary/aromatic N) is 1. The van der Waals surface area contributed by atoms with Gasteiger partial charge in [0, 0.05) is 5.56 Å². The summed E-state index contributed by atoms with van der Waals surface area (Å²) in [6.45, 7) is 5.36. The highest BCUT2D eigenvalue weighted by Gasteiger charge is 2.42. The van der Waals surface area contributed by atoms with E-state index in [4.69, 9.17) is 9.47 Å². The molecule has 0 saturated heterocycles. The molecule has 0 fully saturated rings. The van der Waals surface area contributed by atoms with Crippen LogP contribution in [0.1, 0.15) is 48.3 Å². The van der Waals surface area contributed by atoms with Gasteiger partial charge in [-0.05, 0) is 56.5 Å². The van der Waals surface area contributed by atoms with Crippen LogP contribution in [0.5, 0.6) is 5.75 Å². The number of hydrogen-bond acceptors (Lipinski definition) is 4. The first-order valence-electron chi connectivity index (χ1n) is 8.58. The fourth-order valence-corrected chi connectivity index (χ4v) is 3.11. The Balaban J connectivity index is 2.01. The van der Waals surface area contributed by atoms with Crippen molar-refractivity contribution in [3.8, 4) is 5.75 Å². The van der Waals surface area contributed by atoms with E-state index in [1.54, 1.807) is 40.0 Å². The van der Waals surface area contributed by atoms with Crippen LogP contribution in [0.15, 0.2) is 48.5 Å². The number of benzene rings is 2. The van der Waals surface area contributed by atoms with Crippen LogP contribution in [0.25, 0.3) is 0 Å². The molecule has 0 aliphatic carbocycles. The van der Waals surface area contributed by atoms with Gasteiger partial charge in [-0.2, -0.15) is 0 Å². The predicted octanol–water partition coefficient (Wildman–Crippen LogP) is 4.37. The van der Waals surface area contributed by atoms with Gasteiger partial charge in [-0.15, -0.1) is 0 Å². The van der Waals surface area contributed by atoms with Crippen molar-refractivity contribution in [2.75, 3.05) is 7.11 Å². The maximum atomic E-state index is 12.9. The molecule has 3 rings (SSSR count). The summed E-state index contributed by atoms with van der Waals surface area (Å²) in [5, 5.41) is 0. The van der Waals surface area contributed by atoms with E-state index in [1.165, 1.54) is 4.90 Å². The molecule has 5 heteroatoms. The molecule has 0 saturated carbocycles. The summed E-state index contributed by atoms with van der Waals surface area (Å²) in [6.07, 6.45) is -0.106. The van der Waals surface area contributed by atoms with E-state index in [0.29, 0.717) is 17.7 Å². The number of methoxy groups -OCH3 is 1. The lowest BCUT2D eigenvalue weighted by Gasteiger charge is -2.27. The van der Waals surface area contributed by atoms with E-state index >= 15 is 0 Å². The van der Waals surface area contributed by atoms with Crippen LogP contribution in [0.4, 0.5) is 4.79 Å². The van der Waals surface area contributed by atoms with E-state index in [0.717, 1.165) is 11.1 Å². The van der Waals surface area contributed by atoms with Gasteiger partial charge in [-0.3, -0.25) is 4.79 Å². The number of carbonyl (C=O) groups excluding carboxylic acids is 2. The molecule has 1 aliphatic rings. The Morgan fingerprint density at radius 3 is 2.42 bits per heavy atom. The summed E-state index contributed by atoms with van der Waals surface area (Å²) in [4.78, 5) is 26.9. The molecule has 5 nitrogen and oxygen atoms in total. The second kappa shape index (κ2) is 6.83. The van der Waals surface area contributed by atoms with Crippen molar-refractivity contribution < 1.29 is 19.1 Å². The Hall–Kier alpha value is -2.82. The predicted molar refractivity (Wildman–Crippen MR) is 98.3 cm³/mol. The normalized spacial score (nSPS) is 16.4. The van der Waals surface area contributed by atoms with Gasteiger partial charge in [-0.1, -0.05) is 30.3 Å². The highest BCUT2D eigenvalue weighted by Crippen LogP contribution is 2.38. The van der Waals surface area contributed by atoms with Gasteiger partial charge < -0.3 is 9.47 Å². The van der Waals surface area contributed by atoms with Crippen molar-refractivity contribution in [3.05, 3.63) is 65.2 Å². The molecule has 1 atom stereocenters. The first-order chi connectivity index (χ1) is 12.3. The third-order valence-corrected chi connectivity index (χ3v) is 4.24. The number of ether oxygens (including phenoxy) is 2. The number of rotatable bonds is 3. The molecule has 0 N–H and O–H groups in total. The zero-order valence-corrected chi connectivity index (χ0v) is 15.5. The van der Waals surface area contributed by atoms with Crippen LogP contribution in [-0.4, -0.2) is 29.6 Å². The van der Waals surface area contributed by atoms with E-state index in [1.807, 2.05) is 36.4 Å². The SMILES string of the molecule is COc1ccc2c(c1)C(Cc1ccccc1)N(C(=O)OC(C)(C)C)C2=O. The molecule has 1 heterocycles. The summed E-state index contributed by atoms with van der Waals surface area (Å²) >= 11 is 0. The van der Waals surface area contributed by atoms with Gasteiger partial charge in [0.25, 0.3) is 5.91 Å². The first-order valence-corrected chi connectivity index (χ1v) is 8.58. The maximum absolute atomic E-state index is 12.9.